The van der Waals surface area contributed by atoms with Crippen LogP contribution in [0.3, 0.4) is 0 Å². The number of carbonyl (C=O) groups excluding carboxylic acids is 1. The molecule has 0 saturated heterocycles. The molecule has 0 saturated carbocycles. The lowest BCUT2D eigenvalue weighted by atomic mass is 10.2. The third-order valence-electron chi connectivity index (χ3n) is 2.81. The molecule has 0 aliphatic heterocycles. The second kappa shape index (κ2) is 5.16. The first kappa shape index (κ1) is 13.5. The molecule has 3 nitrogen and oxygen atoms in total. The molecule has 0 spiro atoms. The molecule has 3 aromatic rings. The quantitative estimate of drug-likeness (QED) is 0.660. The molecule has 102 valence electrons. The van der Waals surface area contributed by atoms with E-state index in [9.17, 15) is 9.59 Å². The van der Waals surface area contributed by atoms with E-state index in [1.165, 1.54) is 22.7 Å². The van der Waals surface area contributed by atoms with Gasteiger partial charge < -0.3 is 4.74 Å². The number of esters is 1. The van der Waals surface area contributed by atoms with Crippen LogP contribution in [0.5, 0.6) is 0 Å². The number of carbonyl (C=O) groups is 1. The van der Waals surface area contributed by atoms with Crippen LogP contribution < -0.4 is 5.43 Å². The molecular formula is C14H9ClO3S2. The van der Waals surface area contributed by atoms with Gasteiger partial charge in [0.15, 0.2) is 5.43 Å². The first-order valence-electron chi connectivity index (χ1n) is 5.93. The van der Waals surface area contributed by atoms with Crippen molar-refractivity contribution in [2.45, 2.75) is 6.92 Å². The molecule has 0 unspecified atom stereocenters. The number of hydrogen-bond acceptors (Lipinski definition) is 5. The monoisotopic (exact) mass is 324 g/mol. The van der Waals surface area contributed by atoms with Crippen molar-refractivity contribution in [3.63, 3.8) is 0 Å². The molecule has 0 fully saturated rings. The third-order valence-corrected chi connectivity index (χ3v) is 5.42. The van der Waals surface area contributed by atoms with Crippen molar-refractivity contribution in [1.29, 1.82) is 0 Å². The van der Waals surface area contributed by atoms with Crippen LogP contribution in [0.15, 0.2) is 29.1 Å². The van der Waals surface area contributed by atoms with Crippen LogP contribution >= 0.6 is 34.3 Å². The van der Waals surface area contributed by atoms with Crippen molar-refractivity contribution in [3.05, 3.63) is 44.4 Å². The van der Waals surface area contributed by atoms with Crippen LogP contribution in [-0.2, 0) is 4.74 Å². The molecule has 0 aliphatic carbocycles. The normalized spacial score (nSPS) is 11.1. The summed E-state index contributed by atoms with van der Waals surface area (Å²) in [5.74, 6) is -0.387. The summed E-state index contributed by atoms with van der Waals surface area (Å²) in [5, 5.41) is 1.78. The van der Waals surface area contributed by atoms with Crippen LogP contribution in [0, 0.1) is 0 Å². The van der Waals surface area contributed by atoms with Crippen molar-refractivity contribution < 1.29 is 9.53 Å². The number of fused-ring (bicyclic) bond motifs is 2. The van der Waals surface area contributed by atoms with Crippen LogP contribution in [0.25, 0.3) is 19.5 Å². The lowest BCUT2D eigenvalue weighted by molar-refractivity contribution is 0.0532. The van der Waals surface area contributed by atoms with Gasteiger partial charge in [-0.2, -0.15) is 0 Å². The number of benzene rings is 1. The Balaban J connectivity index is 2.28. The van der Waals surface area contributed by atoms with Crippen molar-refractivity contribution in [2.24, 2.45) is 0 Å². The fourth-order valence-electron chi connectivity index (χ4n) is 1.92. The molecule has 6 heteroatoms. The molecule has 20 heavy (non-hydrogen) atoms. The number of ether oxygens (including phenoxy) is 1. The van der Waals surface area contributed by atoms with E-state index in [1.54, 1.807) is 31.2 Å². The molecule has 0 bridgehead atoms. The van der Waals surface area contributed by atoms with Gasteiger partial charge in [-0.3, -0.25) is 4.79 Å². The first-order valence-corrected chi connectivity index (χ1v) is 7.94. The van der Waals surface area contributed by atoms with Crippen LogP contribution in [0.1, 0.15) is 16.6 Å². The SMILES string of the molecule is CCOC(=O)c1cc2c(=O)c3ccc(Cl)cc3sc2s1. The van der Waals surface area contributed by atoms with Crippen molar-refractivity contribution in [3.8, 4) is 0 Å². The summed E-state index contributed by atoms with van der Waals surface area (Å²) < 4.78 is 6.61. The van der Waals surface area contributed by atoms with Crippen molar-refractivity contribution >= 4 is 59.7 Å². The Morgan fingerprint density at radius 2 is 2.05 bits per heavy atom. The summed E-state index contributed by atoms with van der Waals surface area (Å²) >= 11 is 8.70. The predicted octanol–water partition coefficient (Wildman–Crippen LogP) is 4.31. The minimum Gasteiger partial charge on any atom is -0.462 e. The smallest absolute Gasteiger partial charge is 0.348 e. The maximum absolute atomic E-state index is 12.4. The van der Waals surface area contributed by atoms with Crippen molar-refractivity contribution in [2.75, 3.05) is 6.61 Å². The van der Waals surface area contributed by atoms with E-state index in [0.29, 0.717) is 27.3 Å². The molecule has 0 amide bonds. The highest BCUT2D eigenvalue weighted by Gasteiger charge is 2.15. The molecule has 0 radical (unpaired) electrons. The Morgan fingerprint density at radius 1 is 1.25 bits per heavy atom. The van der Waals surface area contributed by atoms with E-state index in [2.05, 4.69) is 0 Å². The summed E-state index contributed by atoms with van der Waals surface area (Å²) in [6.45, 7) is 2.07. The largest absolute Gasteiger partial charge is 0.462 e. The Labute approximate surface area is 127 Å². The summed E-state index contributed by atoms with van der Waals surface area (Å²) in [6.07, 6.45) is 0. The van der Waals surface area contributed by atoms with Crippen LogP contribution in [0.4, 0.5) is 0 Å². The van der Waals surface area contributed by atoms with Crippen LogP contribution in [0.2, 0.25) is 5.02 Å². The summed E-state index contributed by atoms with van der Waals surface area (Å²) in [4.78, 5) is 24.6. The van der Waals surface area contributed by atoms with E-state index >= 15 is 0 Å². The minimum absolute atomic E-state index is 0.0720. The third kappa shape index (κ3) is 2.22. The fraction of sp³-hybridized carbons (Fsp3) is 0.143. The topological polar surface area (TPSA) is 43.4 Å². The average Bonchev–Trinajstić information content (AvgIpc) is 2.83. The zero-order valence-corrected chi connectivity index (χ0v) is 12.8. The second-order valence-electron chi connectivity index (χ2n) is 4.10. The standard InChI is InChI=1S/C14H9ClO3S2/c1-2-18-13(17)11-6-9-12(16)8-4-3-7(15)5-10(8)19-14(9)20-11/h3-6H,2H2,1H3. The van der Waals surface area contributed by atoms with Gasteiger partial charge in [0.25, 0.3) is 0 Å². The van der Waals surface area contributed by atoms with Gasteiger partial charge >= 0.3 is 5.97 Å². The maximum atomic E-state index is 12.4. The number of hydrogen-bond donors (Lipinski definition) is 0. The lowest BCUT2D eigenvalue weighted by Crippen LogP contribution is -2.02. The first-order chi connectivity index (χ1) is 9.60. The lowest BCUT2D eigenvalue weighted by Gasteiger charge is -1.97. The van der Waals surface area contributed by atoms with Gasteiger partial charge in [-0.05, 0) is 31.2 Å². The van der Waals surface area contributed by atoms with E-state index < -0.39 is 0 Å². The van der Waals surface area contributed by atoms with E-state index in [4.69, 9.17) is 16.3 Å². The van der Waals surface area contributed by atoms with Crippen molar-refractivity contribution in [1.82, 2.24) is 0 Å². The Hall–Kier alpha value is -1.43. The van der Waals surface area contributed by atoms with Gasteiger partial charge in [-0.1, -0.05) is 11.6 Å². The highest BCUT2D eigenvalue weighted by atomic mass is 35.5. The zero-order chi connectivity index (χ0) is 14.3. The van der Waals surface area contributed by atoms with Gasteiger partial charge in [0, 0.05) is 15.1 Å². The maximum Gasteiger partial charge on any atom is 0.348 e. The molecule has 2 heterocycles. The molecule has 3 rings (SSSR count). The van der Waals surface area contributed by atoms with Gasteiger partial charge in [-0.15, -0.1) is 22.7 Å². The number of thiophene rings is 1. The average molecular weight is 325 g/mol. The molecule has 0 atom stereocenters. The highest BCUT2D eigenvalue weighted by molar-refractivity contribution is 7.41. The molecule has 2 aromatic heterocycles. The van der Waals surface area contributed by atoms with Crippen LogP contribution in [-0.4, -0.2) is 12.6 Å². The predicted molar refractivity (Wildman–Crippen MR) is 84.4 cm³/mol. The molecular weight excluding hydrogens is 316 g/mol. The Kier molecular flexibility index (Phi) is 3.50. The number of halogens is 1. The highest BCUT2D eigenvalue weighted by Crippen LogP contribution is 2.32. The van der Waals surface area contributed by atoms with Gasteiger partial charge in [-0.25, -0.2) is 4.79 Å². The molecule has 0 aliphatic rings. The summed E-state index contributed by atoms with van der Waals surface area (Å²) in [5.41, 5.74) is -0.0720. The van der Waals surface area contributed by atoms with E-state index in [0.717, 1.165) is 8.71 Å². The summed E-state index contributed by atoms with van der Waals surface area (Å²) in [7, 11) is 0. The Morgan fingerprint density at radius 3 is 2.80 bits per heavy atom. The zero-order valence-electron chi connectivity index (χ0n) is 10.4. The minimum atomic E-state index is -0.387. The van der Waals surface area contributed by atoms with Gasteiger partial charge in [0.05, 0.1) is 16.0 Å². The van der Waals surface area contributed by atoms with E-state index in [-0.39, 0.29) is 11.4 Å². The van der Waals surface area contributed by atoms with E-state index in [1.807, 2.05) is 0 Å². The molecule has 1 aromatic carbocycles. The fourth-order valence-corrected chi connectivity index (χ4v) is 4.56. The molecule has 0 N–H and O–H groups in total. The Bertz CT molecular complexity index is 879. The summed E-state index contributed by atoms with van der Waals surface area (Å²) in [6, 6.07) is 6.80. The van der Waals surface area contributed by atoms with Gasteiger partial charge in [0.1, 0.15) is 4.88 Å². The number of rotatable bonds is 2. The second-order valence-corrected chi connectivity index (χ2v) is 6.90. The van der Waals surface area contributed by atoms with Gasteiger partial charge in [0.2, 0.25) is 0 Å².